The Balaban J connectivity index is 1.53. The van der Waals surface area contributed by atoms with Crippen LogP contribution in [0.15, 0.2) is 45.8 Å². The van der Waals surface area contributed by atoms with Crippen molar-refractivity contribution in [1.29, 1.82) is 0 Å². The molecular formula is C23H34N4O3. The van der Waals surface area contributed by atoms with E-state index in [-0.39, 0.29) is 12.1 Å². The Bertz CT molecular complexity index is 814. The largest absolute Gasteiger partial charge is 0.489 e. The van der Waals surface area contributed by atoms with Crippen LogP contribution in [0.1, 0.15) is 30.0 Å². The minimum Gasteiger partial charge on any atom is -0.489 e. The van der Waals surface area contributed by atoms with E-state index in [1.807, 2.05) is 38.1 Å². The van der Waals surface area contributed by atoms with E-state index in [0.717, 1.165) is 49.5 Å². The number of nitrogens with zero attached hydrogens (tertiary/aromatic N) is 2. The third-order valence-electron chi connectivity index (χ3n) is 5.15. The van der Waals surface area contributed by atoms with Crippen LogP contribution in [0.4, 0.5) is 0 Å². The molecule has 2 atom stereocenters. The minimum absolute atomic E-state index is 0.00751. The van der Waals surface area contributed by atoms with Crippen molar-refractivity contribution in [1.82, 2.24) is 15.5 Å². The van der Waals surface area contributed by atoms with Gasteiger partial charge in [0.2, 0.25) is 0 Å². The highest BCUT2D eigenvalue weighted by molar-refractivity contribution is 5.79. The van der Waals surface area contributed by atoms with Gasteiger partial charge < -0.3 is 24.5 Å². The van der Waals surface area contributed by atoms with Crippen molar-refractivity contribution >= 4 is 5.96 Å². The maximum Gasteiger partial charge on any atom is 0.191 e. The first-order chi connectivity index (χ1) is 14.5. The fourth-order valence-corrected chi connectivity index (χ4v) is 3.55. The summed E-state index contributed by atoms with van der Waals surface area (Å²) >= 11 is 0. The van der Waals surface area contributed by atoms with Gasteiger partial charge in [-0.05, 0) is 50.6 Å². The summed E-state index contributed by atoms with van der Waals surface area (Å²) in [7, 11) is 1.78. The molecule has 0 saturated carbocycles. The molecule has 1 fully saturated rings. The molecule has 7 nitrogen and oxygen atoms in total. The summed E-state index contributed by atoms with van der Waals surface area (Å²) in [4.78, 5) is 6.76. The van der Waals surface area contributed by atoms with E-state index in [1.54, 1.807) is 7.05 Å². The molecular weight excluding hydrogens is 380 g/mol. The van der Waals surface area contributed by atoms with Gasteiger partial charge >= 0.3 is 0 Å². The summed E-state index contributed by atoms with van der Waals surface area (Å²) in [6.07, 6.45) is 0.00751. The lowest BCUT2D eigenvalue weighted by Gasteiger charge is -2.33. The quantitative estimate of drug-likeness (QED) is 0.511. The predicted octanol–water partition coefficient (Wildman–Crippen LogP) is 2.90. The lowest BCUT2D eigenvalue weighted by Crippen LogP contribution is -2.47. The van der Waals surface area contributed by atoms with Gasteiger partial charge in [-0.1, -0.05) is 12.1 Å². The second kappa shape index (κ2) is 11.0. The second-order valence-corrected chi connectivity index (χ2v) is 7.69. The summed E-state index contributed by atoms with van der Waals surface area (Å²) in [6.45, 7) is 10.7. The average Bonchev–Trinajstić information content (AvgIpc) is 3.17. The number of morpholine rings is 1. The molecule has 1 saturated heterocycles. The number of hydrogen-bond acceptors (Lipinski definition) is 5. The topological polar surface area (TPSA) is 71.3 Å². The van der Waals surface area contributed by atoms with Crippen molar-refractivity contribution in [3.8, 4) is 5.75 Å². The maximum absolute atomic E-state index is 6.00. The first kappa shape index (κ1) is 22.2. The number of furan rings is 1. The van der Waals surface area contributed by atoms with Crippen LogP contribution in [0.3, 0.4) is 0 Å². The highest BCUT2D eigenvalue weighted by Gasteiger charge is 2.25. The molecule has 0 aliphatic carbocycles. The molecule has 1 aromatic heterocycles. The van der Waals surface area contributed by atoms with Gasteiger partial charge in [0.05, 0.1) is 25.8 Å². The molecule has 0 amide bonds. The molecule has 0 spiro atoms. The Morgan fingerprint density at radius 3 is 2.57 bits per heavy atom. The number of guanidine groups is 1. The first-order valence-electron chi connectivity index (χ1n) is 10.6. The molecule has 7 heteroatoms. The van der Waals surface area contributed by atoms with Crippen LogP contribution in [0.2, 0.25) is 0 Å². The molecule has 2 aromatic rings. The number of aryl methyl sites for hydroxylation is 2. The van der Waals surface area contributed by atoms with Crippen molar-refractivity contribution in [2.75, 3.05) is 46.4 Å². The lowest BCUT2D eigenvalue weighted by atomic mass is 10.1. The van der Waals surface area contributed by atoms with Crippen molar-refractivity contribution < 1.29 is 13.9 Å². The Morgan fingerprint density at radius 1 is 1.13 bits per heavy atom. The summed E-state index contributed by atoms with van der Waals surface area (Å²) in [5.41, 5.74) is 1.19. The summed E-state index contributed by atoms with van der Waals surface area (Å²) < 4.78 is 17.5. The fourth-order valence-electron chi connectivity index (χ4n) is 3.55. The van der Waals surface area contributed by atoms with Gasteiger partial charge in [-0.2, -0.15) is 0 Å². The highest BCUT2D eigenvalue weighted by atomic mass is 16.5. The maximum atomic E-state index is 6.00. The van der Waals surface area contributed by atoms with E-state index in [2.05, 4.69) is 39.6 Å². The monoisotopic (exact) mass is 414 g/mol. The van der Waals surface area contributed by atoms with Crippen LogP contribution in [0, 0.1) is 13.8 Å². The van der Waals surface area contributed by atoms with Crippen LogP contribution in [0.5, 0.6) is 5.75 Å². The van der Waals surface area contributed by atoms with Crippen LogP contribution in [-0.2, 0) is 4.74 Å². The number of hydrogen-bond donors (Lipinski definition) is 2. The number of ether oxygens (including phenoxy) is 2. The van der Waals surface area contributed by atoms with E-state index in [1.165, 1.54) is 5.56 Å². The molecule has 164 valence electrons. The van der Waals surface area contributed by atoms with Gasteiger partial charge in [-0.3, -0.25) is 9.89 Å². The van der Waals surface area contributed by atoms with Crippen molar-refractivity contribution in [2.45, 2.75) is 32.9 Å². The standard InChI is InChI=1S/C23H34N4O3/c1-17-6-5-7-20(14-17)29-19(3)15-25-23(24-4)26-16-21(22-9-8-18(2)30-22)27-10-12-28-13-11-27/h5-9,14,19,21H,10-13,15-16H2,1-4H3,(H2,24,25,26). The smallest absolute Gasteiger partial charge is 0.191 e. The van der Waals surface area contributed by atoms with Gasteiger partial charge in [-0.25, -0.2) is 0 Å². The van der Waals surface area contributed by atoms with E-state index >= 15 is 0 Å². The third kappa shape index (κ3) is 6.50. The third-order valence-corrected chi connectivity index (χ3v) is 5.15. The second-order valence-electron chi connectivity index (χ2n) is 7.69. The van der Waals surface area contributed by atoms with Gasteiger partial charge in [0, 0.05) is 26.7 Å². The number of rotatable bonds is 8. The van der Waals surface area contributed by atoms with Crippen molar-refractivity contribution in [2.24, 2.45) is 4.99 Å². The van der Waals surface area contributed by atoms with E-state index in [9.17, 15) is 0 Å². The molecule has 2 heterocycles. The fraction of sp³-hybridized carbons (Fsp3) is 0.522. The Kier molecular flexibility index (Phi) is 8.16. The molecule has 1 aliphatic heterocycles. The zero-order valence-corrected chi connectivity index (χ0v) is 18.5. The molecule has 2 unspecified atom stereocenters. The van der Waals surface area contributed by atoms with Crippen LogP contribution >= 0.6 is 0 Å². The zero-order chi connectivity index (χ0) is 21.3. The van der Waals surface area contributed by atoms with Gasteiger partial charge in [0.15, 0.2) is 5.96 Å². The zero-order valence-electron chi connectivity index (χ0n) is 18.5. The molecule has 0 radical (unpaired) electrons. The Hall–Kier alpha value is -2.51. The van der Waals surface area contributed by atoms with Gasteiger partial charge in [0.1, 0.15) is 23.4 Å². The van der Waals surface area contributed by atoms with Crippen LogP contribution in [-0.4, -0.2) is 63.4 Å². The number of nitrogens with one attached hydrogen (secondary N) is 2. The van der Waals surface area contributed by atoms with Gasteiger partial charge in [-0.15, -0.1) is 0 Å². The molecule has 0 bridgehead atoms. The molecule has 1 aromatic carbocycles. The molecule has 30 heavy (non-hydrogen) atoms. The van der Waals surface area contributed by atoms with Crippen molar-refractivity contribution in [3.05, 3.63) is 53.5 Å². The number of aliphatic imine (C=N–C) groups is 1. The average molecular weight is 415 g/mol. The van der Waals surface area contributed by atoms with Gasteiger partial charge in [0.25, 0.3) is 0 Å². The predicted molar refractivity (Wildman–Crippen MR) is 119 cm³/mol. The van der Waals surface area contributed by atoms with Crippen molar-refractivity contribution in [3.63, 3.8) is 0 Å². The SMILES string of the molecule is CN=C(NCC(C)Oc1cccc(C)c1)NCC(c1ccc(C)o1)N1CCOCC1. The van der Waals surface area contributed by atoms with E-state index in [4.69, 9.17) is 13.9 Å². The minimum atomic E-state index is 0.00751. The summed E-state index contributed by atoms with van der Waals surface area (Å²) in [6, 6.07) is 12.3. The first-order valence-corrected chi connectivity index (χ1v) is 10.6. The Labute approximate surface area is 179 Å². The normalized spacial score (nSPS) is 17.4. The molecule has 3 rings (SSSR count). The lowest BCUT2D eigenvalue weighted by molar-refractivity contribution is 0.0124. The molecule has 2 N–H and O–H groups in total. The summed E-state index contributed by atoms with van der Waals surface area (Å²) in [5, 5.41) is 6.80. The Morgan fingerprint density at radius 2 is 1.90 bits per heavy atom. The van der Waals surface area contributed by atoms with E-state index < -0.39 is 0 Å². The van der Waals surface area contributed by atoms with E-state index in [0.29, 0.717) is 13.1 Å². The van der Waals surface area contributed by atoms with Crippen LogP contribution in [0.25, 0.3) is 0 Å². The molecule has 1 aliphatic rings. The number of benzene rings is 1. The highest BCUT2D eigenvalue weighted by Crippen LogP contribution is 2.23. The summed E-state index contributed by atoms with van der Waals surface area (Å²) in [5.74, 6) is 3.52. The van der Waals surface area contributed by atoms with Crippen LogP contribution < -0.4 is 15.4 Å².